The summed E-state index contributed by atoms with van der Waals surface area (Å²) >= 11 is 0. The van der Waals surface area contributed by atoms with E-state index in [1.54, 1.807) is 6.07 Å². The highest BCUT2D eigenvalue weighted by atomic mass is 16.5. The summed E-state index contributed by atoms with van der Waals surface area (Å²) < 4.78 is 5.05. The molecule has 0 amide bonds. The molecule has 0 bridgehead atoms. The zero-order valence-electron chi connectivity index (χ0n) is 13.4. The minimum absolute atomic E-state index is 0.247. The molecule has 0 spiro atoms. The van der Waals surface area contributed by atoms with E-state index in [1.807, 2.05) is 25.1 Å². The number of carbonyl (C=O) groups is 1. The van der Waals surface area contributed by atoms with Crippen LogP contribution in [0.4, 0.5) is 5.69 Å². The number of rotatable bonds is 4. The lowest BCUT2D eigenvalue weighted by Crippen LogP contribution is -2.19. The van der Waals surface area contributed by atoms with Crippen LogP contribution in [-0.2, 0) is 4.74 Å². The van der Waals surface area contributed by atoms with Crippen LogP contribution in [-0.4, -0.2) is 18.6 Å². The average molecular weight is 289 g/mol. The normalized spacial score (nSPS) is 21.4. The summed E-state index contributed by atoms with van der Waals surface area (Å²) in [5.74, 6) is -0.247. The number of ether oxygens (including phenoxy) is 1. The molecule has 1 aromatic carbocycles. The van der Waals surface area contributed by atoms with E-state index >= 15 is 0 Å². The van der Waals surface area contributed by atoms with Crippen molar-refractivity contribution in [2.75, 3.05) is 11.9 Å². The third-order valence-electron chi connectivity index (χ3n) is 4.32. The van der Waals surface area contributed by atoms with Gasteiger partial charge in [0.05, 0.1) is 12.2 Å². The van der Waals surface area contributed by atoms with E-state index in [2.05, 4.69) is 19.2 Å². The SMILES string of the molecule is CCOC(=O)c1cccc(NC2CCCC(C)(C)CC2)c1. The van der Waals surface area contributed by atoms with E-state index in [1.165, 1.54) is 32.1 Å². The number of anilines is 1. The van der Waals surface area contributed by atoms with E-state index in [-0.39, 0.29) is 5.97 Å². The van der Waals surface area contributed by atoms with Gasteiger partial charge in [0.25, 0.3) is 0 Å². The first-order chi connectivity index (χ1) is 10.00. The maximum absolute atomic E-state index is 11.8. The second kappa shape index (κ2) is 6.97. The van der Waals surface area contributed by atoms with Crippen LogP contribution in [0.2, 0.25) is 0 Å². The van der Waals surface area contributed by atoms with Crippen molar-refractivity contribution in [1.82, 2.24) is 0 Å². The fraction of sp³-hybridized carbons (Fsp3) is 0.611. The lowest BCUT2D eigenvalue weighted by molar-refractivity contribution is 0.0526. The van der Waals surface area contributed by atoms with E-state index in [0.717, 1.165) is 5.69 Å². The van der Waals surface area contributed by atoms with Gasteiger partial charge in [-0.25, -0.2) is 4.79 Å². The highest BCUT2D eigenvalue weighted by Crippen LogP contribution is 2.34. The third-order valence-corrected chi connectivity index (χ3v) is 4.32. The lowest BCUT2D eigenvalue weighted by atomic mass is 9.85. The van der Waals surface area contributed by atoms with Gasteiger partial charge < -0.3 is 10.1 Å². The summed E-state index contributed by atoms with van der Waals surface area (Å²) in [4.78, 5) is 11.8. The van der Waals surface area contributed by atoms with Crippen molar-refractivity contribution in [3.05, 3.63) is 29.8 Å². The molecule has 3 heteroatoms. The number of hydrogen-bond acceptors (Lipinski definition) is 3. The first-order valence-electron chi connectivity index (χ1n) is 8.04. The smallest absolute Gasteiger partial charge is 0.338 e. The highest BCUT2D eigenvalue weighted by Gasteiger charge is 2.24. The second-order valence-electron chi connectivity index (χ2n) is 6.74. The van der Waals surface area contributed by atoms with Gasteiger partial charge in [0, 0.05) is 11.7 Å². The van der Waals surface area contributed by atoms with Crippen molar-refractivity contribution in [2.45, 2.75) is 58.9 Å². The van der Waals surface area contributed by atoms with Crippen molar-refractivity contribution < 1.29 is 9.53 Å². The van der Waals surface area contributed by atoms with Crippen molar-refractivity contribution in [3.8, 4) is 0 Å². The molecule has 0 aliphatic heterocycles. The summed E-state index contributed by atoms with van der Waals surface area (Å²) in [7, 11) is 0. The number of benzene rings is 1. The van der Waals surface area contributed by atoms with E-state index in [9.17, 15) is 4.79 Å². The Morgan fingerprint density at radius 2 is 2.14 bits per heavy atom. The molecular formula is C18H27NO2. The predicted molar refractivity (Wildman–Crippen MR) is 86.7 cm³/mol. The zero-order valence-corrected chi connectivity index (χ0v) is 13.4. The molecule has 1 aromatic rings. The van der Waals surface area contributed by atoms with Gasteiger partial charge >= 0.3 is 5.97 Å². The summed E-state index contributed by atoms with van der Waals surface area (Å²) in [6.45, 7) is 6.95. The van der Waals surface area contributed by atoms with Gasteiger partial charge in [-0.15, -0.1) is 0 Å². The average Bonchev–Trinajstić information content (AvgIpc) is 2.61. The van der Waals surface area contributed by atoms with Crippen molar-refractivity contribution >= 4 is 11.7 Å². The zero-order chi connectivity index (χ0) is 15.3. The summed E-state index contributed by atoms with van der Waals surface area (Å²) in [6.07, 6.45) is 6.21. The molecule has 21 heavy (non-hydrogen) atoms. The van der Waals surface area contributed by atoms with E-state index in [0.29, 0.717) is 23.6 Å². The Morgan fingerprint density at radius 3 is 2.90 bits per heavy atom. The lowest BCUT2D eigenvalue weighted by Gasteiger charge is -2.22. The van der Waals surface area contributed by atoms with Crippen LogP contribution in [0.3, 0.4) is 0 Å². The van der Waals surface area contributed by atoms with Gasteiger partial charge in [-0.1, -0.05) is 26.3 Å². The predicted octanol–water partition coefficient (Wildman–Crippen LogP) is 4.63. The van der Waals surface area contributed by atoms with Gasteiger partial charge in [0.15, 0.2) is 0 Å². The molecule has 1 N–H and O–H groups in total. The highest BCUT2D eigenvalue weighted by molar-refractivity contribution is 5.90. The van der Waals surface area contributed by atoms with Gasteiger partial charge in [0.2, 0.25) is 0 Å². The number of esters is 1. The molecule has 0 aromatic heterocycles. The molecule has 1 fully saturated rings. The molecule has 3 nitrogen and oxygen atoms in total. The Morgan fingerprint density at radius 1 is 1.33 bits per heavy atom. The van der Waals surface area contributed by atoms with Gasteiger partial charge in [-0.2, -0.15) is 0 Å². The van der Waals surface area contributed by atoms with E-state index in [4.69, 9.17) is 4.74 Å². The summed E-state index contributed by atoms with van der Waals surface area (Å²) in [5, 5.41) is 3.59. The monoisotopic (exact) mass is 289 g/mol. The molecular weight excluding hydrogens is 262 g/mol. The van der Waals surface area contributed by atoms with Gasteiger partial charge in [-0.05, 0) is 56.2 Å². The van der Waals surface area contributed by atoms with Gasteiger partial charge in [-0.3, -0.25) is 0 Å². The van der Waals surface area contributed by atoms with Crippen LogP contribution in [0.5, 0.6) is 0 Å². The quantitative estimate of drug-likeness (QED) is 0.648. The molecule has 0 heterocycles. The Bertz CT molecular complexity index is 482. The molecule has 1 unspecified atom stereocenters. The topological polar surface area (TPSA) is 38.3 Å². The fourth-order valence-electron chi connectivity index (χ4n) is 2.99. The van der Waals surface area contributed by atoms with Crippen LogP contribution < -0.4 is 5.32 Å². The summed E-state index contributed by atoms with van der Waals surface area (Å²) in [6, 6.07) is 8.14. The maximum atomic E-state index is 11.8. The third kappa shape index (κ3) is 4.76. The van der Waals surface area contributed by atoms with Crippen molar-refractivity contribution in [2.24, 2.45) is 5.41 Å². The van der Waals surface area contributed by atoms with Crippen LogP contribution >= 0.6 is 0 Å². The molecule has 2 rings (SSSR count). The molecule has 1 atom stereocenters. The molecule has 1 saturated carbocycles. The minimum atomic E-state index is -0.247. The minimum Gasteiger partial charge on any atom is -0.462 e. The molecule has 0 saturated heterocycles. The number of nitrogens with one attached hydrogen (secondary N) is 1. The van der Waals surface area contributed by atoms with E-state index < -0.39 is 0 Å². The fourth-order valence-corrected chi connectivity index (χ4v) is 2.99. The van der Waals surface area contributed by atoms with Crippen LogP contribution in [0.25, 0.3) is 0 Å². The second-order valence-corrected chi connectivity index (χ2v) is 6.74. The maximum Gasteiger partial charge on any atom is 0.338 e. The van der Waals surface area contributed by atoms with Crippen LogP contribution in [0, 0.1) is 5.41 Å². The number of carbonyl (C=O) groups excluding carboxylic acids is 1. The Hall–Kier alpha value is -1.51. The Labute approximate surface area is 128 Å². The largest absolute Gasteiger partial charge is 0.462 e. The first kappa shape index (κ1) is 15.9. The Balaban J connectivity index is 1.99. The molecule has 116 valence electrons. The van der Waals surface area contributed by atoms with Crippen LogP contribution in [0.1, 0.15) is 63.2 Å². The molecule has 1 aliphatic rings. The molecule has 0 radical (unpaired) electrons. The number of hydrogen-bond donors (Lipinski definition) is 1. The Kier molecular flexibility index (Phi) is 5.27. The van der Waals surface area contributed by atoms with Crippen LogP contribution in [0.15, 0.2) is 24.3 Å². The summed E-state index contributed by atoms with van der Waals surface area (Å²) in [5.41, 5.74) is 2.10. The van der Waals surface area contributed by atoms with Gasteiger partial charge in [0.1, 0.15) is 0 Å². The van der Waals surface area contributed by atoms with Crippen molar-refractivity contribution in [1.29, 1.82) is 0 Å². The van der Waals surface area contributed by atoms with Crippen molar-refractivity contribution in [3.63, 3.8) is 0 Å². The standard InChI is InChI=1S/C18H27NO2/c1-4-21-17(20)14-7-5-8-16(13-14)19-15-9-6-11-18(2,3)12-10-15/h5,7-8,13,15,19H,4,6,9-12H2,1-3H3. The first-order valence-corrected chi connectivity index (χ1v) is 8.04. The molecule has 1 aliphatic carbocycles.